The zero-order chi connectivity index (χ0) is 13.9. The summed E-state index contributed by atoms with van der Waals surface area (Å²) in [7, 11) is -4.06. The van der Waals surface area contributed by atoms with Crippen LogP contribution in [-0.4, -0.2) is 15.6 Å². The van der Waals surface area contributed by atoms with Crippen LogP contribution in [0.3, 0.4) is 0 Å². The van der Waals surface area contributed by atoms with Crippen LogP contribution in [0.25, 0.3) is 0 Å². The molecule has 18 heavy (non-hydrogen) atoms. The van der Waals surface area contributed by atoms with Crippen LogP contribution in [-0.2, 0) is 4.57 Å². The van der Waals surface area contributed by atoms with Gasteiger partial charge < -0.3 is 15.5 Å². The fraction of sp³-hybridized carbons (Fsp3) is 1.00. The molecule has 0 bridgehead atoms. The Morgan fingerprint density at radius 1 is 0.889 bits per heavy atom. The highest BCUT2D eigenvalue weighted by Crippen LogP contribution is 2.40. The molecule has 0 rings (SSSR count). The predicted octanol–water partition coefficient (Wildman–Crippen LogP) is 3.76. The van der Waals surface area contributed by atoms with Gasteiger partial charge in [-0.1, -0.05) is 71.1 Å². The normalized spacial score (nSPS) is 13.8. The smallest absolute Gasteiger partial charge is 0.323 e. The number of unbranched alkanes of at least 4 members (excludes halogenated alkanes) is 9. The number of hydrogen-bond donors (Lipinski definition) is 3. The zero-order valence-corrected chi connectivity index (χ0v) is 12.6. The van der Waals surface area contributed by atoms with Crippen LogP contribution in [0.4, 0.5) is 0 Å². The van der Waals surface area contributed by atoms with Crippen LogP contribution in [0.2, 0.25) is 0 Å². The molecule has 0 aromatic carbocycles. The minimum absolute atomic E-state index is 0.431. The Hall–Kier alpha value is 0.110. The first-order valence-electron chi connectivity index (χ1n) is 7.29. The Morgan fingerprint density at radius 2 is 1.28 bits per heavy atom. The van der Waals surface area contributed by atoms with E-state index in [-0.39, 0.29) is 0 Å². The molecule has 4 nitrogen and oxygen atoms in total. The molecule has 0 aliphatic heterocycles. The minimum Gasteiger partial charge on any atom is -0.323 e. The summed E-state index contributed by atoms with van der Waals surface area (Å²) in [4.78, 5) is 17.6. The van der Waals surface area contributed by atoms with Gasteiger partial charge in [0.2, 0.25) is 0 Å². The van der Waals surface area contributed by atoms with E-state index >= 15 is 0 Å². The summed E-state index contributed by atoms with van der Waals surface area (Å²) in [5.41, 5.74) is 5.40. The SMILES string of the molecule is CCCCCCCCCCCCC(N)P(=O)(O)O. The quantitative estimate of drug-likeness (QED) is 0.375. The Balaban J connectivity index is 3.19. The molecule has 0 aromatic heterocycles. The molecule has 0 aromatic rings. The molecule has 0 heterocycles. The molecule has 0 aliphatic rings. The molecule has 5 heteroatoms. The van der Waals surface area contributed by atoms with E-state index < -0.39 is 13.4 Å². The highest BCUT2D eigenvalue weighted by molar-refractivity contribution is 7.52. The van der Waals surface area contributed by atoms with Crippen molar-refractivity contribution >= 4 is 7.60 Å². The molecule has 1 unspecified atom stereocenters. The Kier molecular flexibility index (Phi) is 11.0. The fourth-order valence-corrected chi connectivity index (χ4v) is 2.53. The Morgan fingerprint density at radius 3 is 1.67 bits per heavy atom. The van der Waals surface area contributed by atoms with Crippen LogP contribution < -0.4 is 5.73 Å². The van der Waals surface area contributed by atoms with Crippen LogP contribution in [0.5, 0.6) is 0 Å². The lowest BCUT2D eigenvalue weighted by Crippen LogP contribution is -2.19. The third-order valence-electron chi connectivity index (χ3n) is 3.29. The molecule has 0 aliphatic carbocycles. The zero-order valence-electron chi connectivity index (χ0n) is 11.7. The van der Waals surface area contributed by atoms with Gasteiger partial charge in [0.15, 0.2) is 0 Å². The van der Waals surface area contributed by atoms with Gasteiger partial charge in [-0.2, -0.15) is 0 Å². The van der Waals surface area contributed by atoms with Crippen molar-refractivity contribution in [1.29, 1.82) is 0 Å². The highest BCUT2D eigenvalue weighted by Gasteiger charge is 2.23. The van der Waals surface area contributed by atoms with Crippen LogP contribution in [0.15, 0.2) is 0 Å². The maximum Gasteiger partial charge on any atom is 0.342 e. The van der Waals surface area contributed by atoms with Gasteiger partial charge in [0.1, 0.15) is 5.78 Å². The topological polar surface area (TPSA) is 83.6 Å². The standard InChI is InChI=1S/C13H30NO3P/c1-2-3-4-5-6-7-8-9-10-11-12-13(14)18(15,16)17/h13H,2-12,14H2,1H3,(H2,15,16,17). The second kappa shape index (κ2) is 11.0. The van der Waals surface area contributed by atoms with Crippen molar-refractivity contribution in [2.24, 2.45) is 5.73 Å². The van der Waals surface area contributed by atoms with Crippen molar-refractivity contribution in [3.63, 3.8) is 0 Å². The first kappa shape index (κ1) is 18.1. The van der Waals surface area contributed by atoms with Gasteiger partial charge in [0, 0.05) is 0 Å². The summed E-state index contributed by atoms with van der Waals surface area (Å²) in [6.45, 7) is 2.22. The van der Waals surface area contributed by atoms with E-state index in [0.29, 0.717) is 6.42 Å². The lowest BCUT2D eigenvalue weighted by Gasteiger charge is -2.12. The average molecular weight is 279 g/mol. The summed E-state index contributed by atoms with van der Waals surface area (Å²) in [5, 5.41) is 0. The van der Waals surface area contributed by atoms with Gasteiger partial charge in [-0.05, 0) is 6.42 Å². The van der Waals surface area contributed by atoms with E-state index in [9.17, 15) is 4.57 Å². The lowest BCUT2D eigenvalue weighted by molar-refractivity contribution is 0.353. The summed E-state index contributed by atoms with van der Waals surface area (Å²) in [6.07, 6.45) is 12.6. The Labute approximate surface area is 112 Å². The van der Waals surface area contributed by atoms with Crippen LogP contribution in [0, 0.1) is 0 Å². The van der Waals surface area contributed by atoms with E-state index in [1.54, 1.807) is 0 Å². The summed E-state index contributed by atoms with van der Waals surface area (Å²) in [6, 6.07) is 0. The van der Waals surface area contributed by atoms with Crippen molar-refractivity contribution < 1.29 is 14.4 Å². The minimum atomic E-state index is -4.06. The molecule has 0 fully saturated rings. The van der Waals surface area contributed by atoms with Crippen molar-refractivity contribution in [2.45, 2.75) is 83.3 Å². The first-order valence-corrected chi connectivity index (χ1v) is 8.97. The molecule has 4 N–H and O–H groups in total. The van der Waals surface area contributed by atoms with E-state index in [0.717, 1.165) is 19.3 Å². The van der Waals surface area contributed by atoms with E-state index in [2.05, 4.69) is 6.92 Å². The van der Waals surface area contributed by atoms with Crippen molar-refractivity contribution in [3.05, 3.63) is 0 Å². The lowest BCUT2D eigenvalue weighted by atomic mass is 10.1. The van der Waals surface area contributed by atoms with Crippen molar-refractivity contribution in [2.75, 3.05) is 0 Å². The second-order valence-corrected chi connectivity index (χ2v) is 6.97. The summed E-state index contributed by atoms with van der Waals surface area (Å²) in [5.74, 6) is -0.966. The first-order chi connectivity index (χ1) is 8.48. The number of rotatable bonds is 12. The maximum absolute atomic E-state index is 10.8. The van der Waals surface area contributed by atoms with Gasteiger partial charge in [-0.25, -0.2) is 0 Å². The fourth-order valence-electron chi connectivity index (χ4n) is 2.01. The molecule has 0 radical (unpaired) electrons. The number of nitrogens with two attached hydrogens (primary N) is 1. The summed E-state index contributed by atoms with van der Waals surface area (Å²) >= 11 is 0. The van der Waals surface area contributed by atoms with E-state index in [1.165, 1.54) is 44.9 Å². The van der Waals surface area contributed by atoms with Crippen LogP contribution in [0.1, 0.15) is 77.6 Å². The van der Waals surface area contributed by atoms with E-state index in [4.69, 9.17) is 15.5 Å². The molecular formula is C13H30NO3P. The van der Waals surface area contributed by atoms with Crippen molar-refractivity contribution in [3.8, 4) is 0 Å². The van der Waals surface area contributed by atoms with Gasteiger partial charge in [-0.15, -0.1) is 0 Å². The highest BCUT2D eigenvalue weighted by atomic mass is 31.2. The third kappa shape index (κ3) is 11.2. The summed E-state index contributed by atoms with van der Waals surface area (Å²) < 4.78 is 10.8. The second-order valence-electron chi connectivity index (χ2n) is 5.13. The third-order valence-corrected chi connectivity index (χ3v) is 4.41. The van der Waals surface area contributed by atoms with Gasteiger partial charge in [0.05, 0.1) is 0 Å². The molecule has 0 spiro atoms. The molecule has 0 amide bonds. The number of hydrogen-bond acceptors (Lipinski definition) is 2. The van der Waals surface area contributed by atoms with Gasteiger partial charge in [-0.3, -0.25) is 4.57 Å². The van der Waals surface area contributed by atoms with Crippen molar-refractivity contribution in [1.82, 2.24) is 0 Å². The molecule has 1 atom stereocenters. The molecular weight excluding hydrogens is 249 g/mol. The predicted molar refractivity (Wildman–Crippen MR) is 76.5 cm³/mol. The van der Waals surface area contributed by atoms with Gasteiger partial charge in [0.25, 0.3) is 0 Å². The molecule has 0 saturated carbocycles. The largest absolute Gasteiger partial charge is 0.342 e. The van der Waals surface area contributed by atoms with E-state index in [1.807, 2.05) is 0 Å². The van der Waals surface area contributed by atoms with Crippen LogP contribution >= 0.6 is 7.60 Å². The van der Waals surface area contributed by atoms with Gasteiger partial charge >= 0.3 is 7.60 Å². The average Bonchev–Trinajstić information content (AvgIpc) is 2.30. The molecule has 110 valence electrons. The monoisotopic (exact) mass is 279 g/mol. The molecule has 0 saturated heterocycles. The Bertz CT molecular complexity index is 230. The maximum atomic E-state index is 10.8.